The van der Waals surface area contributed by atoms with Gasteiger partial charge in [0.1, 0.15) is 5.75 Å². The highest BCUT2D eigenvalue weighted by Crippen LogP contribution is 2.34. The summed E-state index contributed by atoms with van der Waals surface area (Å²) in [6, 6.07) is 12.3. The number of aryl methyl sites for hydroxylation is 1. The molecule has 0 heterocycles. The number of phenols is 1. The zero-order chi connectivity index (χ0) is 20.7. The van der Waals surface area contributed by atoms with Gasteiger partial charge < -0.3 is 15.7 Å². The minimum absolute atomic E-state index is 0.0953. The van der Waals surface area contributed by atoms with Crippen LogP contribution in [0.5, 0.6) is 5.75 Å². The van der Waals surface area contributed by atoms with Gasteiger partial charge in [0, 0.05) is 23.6 Å². The van der Waals surface area contributed by atoms with Gasteiger partial charge in [-0.1, -0.05) is 51.6 Å². The minimum atomic E-state index is -0.0953. The normalized spacial score (nSPS) is 11.9. The van der Waals surface area contributed by atoms with Crippen molar-refractivity contribution in [2.45, 2.75) is 46.6 Å². The second-order valence-electron chi connectivity index (χ2n) is 8.02. The van der Waals surface area contributed by atoms with Crippen molar-refractivity contribution in [3.05, 3.63) is 89.7 Å². The molecule has 148 valence electrons. The first-order chi connectivity index (χ1) is 13.2. The highest BCUT2D eigenvalue weighted by Gasteiger charge is 2.20. The largest absolute Gasteiger partial charge is 0.507 e. The molecule has 0 saturated carbocycles. The number of hydrogen-bond acceptors (Lipinski definition) is 3. The first-order valence-corrected chi connectivity index (χ1v) is 9.63. The van der Waals surface area contributed by atoms with Gasteiger partial charge in [0.2, 0.25) is 0 Å². The fourth-order valence-electron chi connectivity index (χ4n) is 2.91. The third-order valence-electron chi connectivity index (χ3n) is 4.46. The van der Waals surface area contributed by atoms with E-state index < -0.39 is 0 Å². The van der Waals surface area contributed by atoms with Gasteiger partial charge in [0.05, 0.1) is 0 Å². The summed E-state index contributed by atoms with van der Waals surface area (Å²) >= 11 is 0. The van der Waals surface area contributed by atoms with Crippen LogP contribution in [0.25, 0.3) is 0 Å². The number of nitrogens with one attached hydrogen (secondary N) is 2. The standard InChI is InChI=1S/C25H32N2O/c1-7-8-9-10-19(3)27-22-13-11-21(12-14-22)26-17-20-15-18(2)24(28)23(16-20)25(4,5)6/h7-16,26-28H,3,17H2,1-2,4-6H3/b8-7-,10-9-. The Labute approximate surface area is 169 Å². The summed E-state index contributed by atoms with van der Waals surface area (Å²) in [5.74, 6) is 0.399. The zero-order valence-corrected chi connectivity index (χ0v) is 17.6. The summed E-state index contributed by atoms with van der Waals surface area (Å²) in [5.41, 5.74) is 5.83. The maximum atomic E-state index is 10.4. The molecule has 2 rings (SSSR count). The number of anilines is 2. The Balaban J connectivity index is 2.02. The van der Waals surface area contributed by atoms with E-state index in [4.69, 9.17) is 0 Å². The molecule has 0 saturated heterocycles. The average Bonchev–Trinajstić information content (AvgIpc) is 2.63. The lowest BCUT2D eigenvalue weighted by Gasteiger charge is -2.23. The second kappa shape index (κ2) is 9.32. The van der Waals surface area contributed by atoms with Crippen molar-refractivity contribution in [3.8, 4) is 5.75 Å². The number of hydrogen-bond donors (Lipinski definition) is 3. The van der Waals surface area contributed by atoms with Gasteiger partial charge in [-0.05, 0) is 72.4 Å². The molecule has 0 radical (unpaired) electrons. The Hall–Kier alpha value is -2.94. The molecule has 2 aromatic carbocycles. The highest BCUT2D eigenvalue weighted by atomic mass is 16.3. The molecule has 3 heteroatoms. The molecule has 0 amide bonds. The first kappa shape index (κ1) is 21.4. The number of rotatable bonds is 7. The monoisotopic (exact) mass is 376 g/mol. The van der Waals surface area contributed by atoms with E-state index in [2.05, 4.69) is 44.1 Å². The van der Waals surface area contributed by atoms with Crippen molar-refractivity contribution in [2.75, 3.05) is 10.6 Å². The second-order valence-corrected chi connectivity index (χ2v) is 8.02. The van der Waals surface area contributed by atoms with Crippen LogP contribution < -0.4 is 10.6 Å². The van der Waals surface area contributed by atoms with E-state index in [9.17, 15) is 5.11 Å². The van der Waals surface area contributed by atoms with Crippen molar-refractivity contribution in [1.82, 2.24) is 0 Å². The maximum Gasteiger partial charge on any atom is 0.122 e. The number of benzene rings is 2. The molecule has 0 aromatic heterocycles. The van der Waals surface area contributed by atoms with Crippen molar-refractivity contribution < 1.29 is 5.11 Å². The lowest BCUT2D eigenvalue weighted by Crippen LogP contribution is -2.13. The predicted molar refractivity (Wildman–Crippen MR) is 122 cm³/mol. The molecule has 0 aliphatic heterocycles. The maximum absolute atomic E-state index is 10.4. The molecule has 0 fully saturated rings. The average molecular weight is 377 g/mol. The number of allylic oxidation sites excluding steroid dienone is 4. The Morgan fingerprint density at radius 2 is 1.71 bits per heavy atom. The van der Waals surface area contributed by atoms with Gasteiger partial charge in [0.15, 0.2) is 0 Å². The van der Waals surface area contributed by atoms with Gasteiger partial charge in [-0.3, -0.25) is 0 Å². The Morgan fingerprint density at radius 1 is 1.07 bits per heavy atom. The van der Waals surface area contributed by atoms with E-state index in [1.165, 1.54) is 0 Å². The zero-order valence-electron chi connectivity index (χ0n) is 17.6. The van der Waals surface area contributed by atoms with Crippen LogP contribution in [-0.4, -0.2) is 5.11 Å². The lowest BCUT2D eigenvalue weighted by atomic mass is 9.84. The topological polar surface area (TPSA) is 44.3 Å². The van der Waals surface area contributed by atoms with Crippen LogP contribution in [0, 0.1) is 6.92 Å². The van der Waals surface area contributed by atoms with E-state index in [1.807, 2.05) is 68.5 Å². The molecule has 0 unspecified atom stereocenters. The Morgan fingerprint density at radius 3 is 2.32 bits per heavy atom. The smallest absolute Gasteiger partial charge is 0.122 e. The van der Waals surface area contributed by atoms with Crippen LogP contribution in [-0.2, 0) is 12.0 Å². The van der Waals surface area contributed by atoms with E-state index >= 15 is 0 Å². The van der Waals surface area contributed by atoms with Gasteiger partial charge >= 0.3 is 0 Å². The molecule has 3 N–H and O–H groups in total. The molecular formula is C25H32N2O. The van der Waals surface area contributed by atoms with E-state index in [-0.39, 0.29) is 5.41 Å². The molecule has 0 spiro atoms. The Kier molecular flexibility index (Phi) is 7.11. The van der Waals surface area contributed by atoms with Gasteiger partial charge in [0.25, 0.3) is 0 Å². The van der Waals surface area contributed by atoms with Crippen LogP contribution in [0.3, 0.4) is 0 Å². The SMILES string of the molecule is C=C(/C=C\C=C/C)Nc1ccc(NCc2cc(C)c(O)c(C(C)(C)C)c2)cc1. The minimum Gasteiger partial charge on any atom is -0.507 e. The Bertz CT molecular complexity index is 869. The highest BCUT2D eigenvalue weighted by molar-refractivity contribution is 5.57. The summed E-state index contributed by atoms with van der Waals surface area (Å²) in [6.45, 7) is 15.0. The van der Waals surface area contributed by atoms with E-state index in [0.717, 1.165) is 33.8 Å². The quantitative estimate of drug-likeness (QED) is 0.473. The van der Waals surface area contributed by atoms with Crippen LogP contribution in [0.1, 0.15) is 44.4 Å². The number of phenolic OH excluding ortho intramolecular Hbond substituents is 1. The van der Waals surface area contributed by atoms with Crippen molar-refractivity contribution in [1.29, 1.82) is 0 Å². The molecule has 3 nitrogen and oxygen atoms in total. The summed E-state index contributed by atoms with van der Waals surface area (Å²) < 4.78 is 0. The number of aromatic hydroxyl groups is 1. The first-order valence-electron chi connectivity index (χ1n) is 9.63. The molecule has 0 aliphatic rings. The van der Waals surface area contributed by atoms with Crippen LogP contribution in [0.15, 0.2) is 73.0 Å². The third-order valence-corrected chi connectivity index (χ3v) is 4.46. The van der Waals surface area contributed by atoms with Gasteiger partial charge in [-0.15, -0.1) is 0 Å². The third kappa shape index (κ3) is 6.05. The fourth-order valence-corrected chi connectivity index (χ4v) is 2.91. The summed E-state index contributed by atoms with van der Waals surface area (Å²) in [4.78, 5) is 0. The molecular weight excluding hydrogens is 344 g/mol. The van der Waals surface area contributed by atoms with Crippen LogP contribution in [0.2, 0.25) is 0 Å². The molecule has 0 aliphatic carbocycles. The fraction of sp³-hybridized carbons (Fsp3) is 0.280. The predicted octanol–water partition coefficient (Wildman–Crippen LogP) is 6.67. The van der Waals surface area contributed by atoms with Crippen molar-refractivity contribution >= 4 is 11.4 Å². The van der Waals surface area contributed by atoms with E-state index in [1.54, 1.807) is 0 Å². The summed E-state index contributed by atoms with van der Waals surface area (Å²) in [5, 5.41) is 17.1. The van der Waals surface area contributed by atoms with Crippen molar-refractivity contribution in [3.63, 3.8) is 0 Å². The summed E-state index contributed by atoms with van der Waals surface area (Å²) in [6.07, 6.45) is 7.84. The molecule has 0 bridgehead atoms. The molecule has 28 heavy (non-hydrogen) atoms. The van der Waals surface area contributed by atoms with E-state index in [0.29, 0.717) is 12.3 Å². The lowest BCUT2D eigenvalue weighted by molar-refractivity contribution is 0.442. The molecule has 2 aromatic rings. The van der Waals surface area contributed by atoms with Gasteiger partial charge in [-0.2, -0.15) is 0 Å². The summed E-state index contributed by atoms with van der Waals surface area (Å²) in [7, 11) is 0. The molecule has 0 atom stereocenters. The van der Waals surface area contributed by atoms with Crippen LogP contribution in [0.4, 0.5) is 11.4 Å². The van der Waals surface area contributed by atoms with Crippen LogP contribution >= 0.6 is 0 Å². The van der Waals surface area contributed by atoms with Gasteiger partial charge in [-0.25, -0.2) is 0 Å². The van der Waals surface area contributed by atoms with Crippen molar-refractivity contribution in [2.24, 2.45) is 0 Å².